The Labute approximate surface area is 225 Å². The Balaban J connectivity index is 1.80. The molecule has 0 fully saturated rings. The molecule has 18 heteroatoms. The summed E-state index contributed by atoms with van der Waals surface area (Å²) in [5.74, 6) is -0.582. The molecule has 1 aromatic heterocycles. The number of carbonyl (C=O) groups excluding carboxylic acids is 1. The zero-order valence-electron chi connectivity index (χ0n) is 19.5. The van der Waals surface area contributed by atoms with Crippen molar-refractivity contribution in [3.05, 3.63) is 53.8 Å². The molecule has 0 unspecified atom stereocenters. The first-order chi connectivity index (χ1) is 18.2. The van der Waals surface area contributed by atoms with Gasteiger partial charge in [0.2, 0.25) is 23.1 Å². The van der Waals surface area contributed by atoms with E-state index in [1.807, 2.05) is 0 Å². The Morgan fingerprint density at radius 2 is 1.64 bits per heavy atom. The lowest BCUT2D eigenvalue weighted by Crippen LogP contribution is -2.07. The van der Waals surface area contributed by atoms with E-state index in [0.29, 0.717) is 5.69 Å². The maximum atomic E-state index is 11.9. The van der Waals surface area contributed by atoms with Crippen molar-refractivity contribution in [2.75, 3.05) is 16.4 Å². The first kappa shape index (κ1) is 27.7. The Kier molecular flexibility index (Phi) is 7.44. The van der Waals surface area contributed by atoms with Gasteiger partial charge in [0.15, 0.2) is 0 Å². The van der Waals surface area contributed by atoms with Crippen LogP contribution in [-0.4, -0.2) is 46.8 Å². The van der Waals surface area contributed by atoms with E-state index < -0.39 is 35.9 Å². The molecule has 0 aliphatic carbocycles. The quantitative estimate of drug-likeness (QED) is 0.207. The van der Waals surface area contributed by atoms with Crippen LogP contribution >= 0.6 is 11.6 Å². The molecule has 0 atom stereocenters. The van der Waals surface area contributed by atoms with Gasteiger partial charge >= 0.3 is 0 Å². The van der Waals surface area contributed by atoms with Crippen LogP contribution < -0.4 is 16.4 Å². The minimum atomic E-state index is -5.11. The monoisotopic (exact) mass is 590 g/mol. The van der Waals surface area contributed by atoms with Crippen molar-refractivity contribution in [2.24, 2.45) is 10.2 Å². The molecule has 0 saturated heterocycles. The van der Waals surface area contributed by atoms with Crippen molar-refractivity contribution in [3.63, 3.8) is 0 Å². The van der Waals surface area contributed by atoms with E-state index >= 15 is 0 Å². The maximum absolute atomic E-state index is 11.9. The van der Waals surface area contributed by atoms with Gasteiger partial charge in [0, 0.05) is 23.4 Å². The molecule has 0 bridgehead atoms. The third-order valence-electron chi connectivity index (χ3n) is 4.90. The highest BCUT2D eigenvalue weighted by Gasteiger charge is 2.15. The van der Waals surface area contributed by atoms with Crippen molar-refractivity contribution >= 4 is 83.2 Å². The van der Waals surface area contributed by atoms with Gasteiger partial charge in [0.1, 0.15) is 25.9 Å². The largest absolute Gasteiger partial charge is 0.744 e. The number of hydrogen-bond acceptors (Lipinski definition) is 14. The molecule has 0 aliphatic heterocycles. The number of azo groups is 1. The van der Waals surface area contributed by atoms with Gasteiger partial charge in [-0.25, -0.2) is 16.8 Å². The summed E-state index contributed by atoms with van der Waals surface area (Å²) in [6.45, 7) is 1.24. The molecule has 1 amide bonds. The molecule has 39 heavy (non-hydrogen) atoms. The standard InChI is InChI=1S/C21H17ClN8O7S2/c1-10(31)24-16-8-11(25-21-27-19(22)26-20(23)28-21)5-6-15(16)30-29-12-7-14-13(18(9-12)39(35,36)37)3-2-4-17(14)38(32,33)34/h2-9H,1H3,(H,24,31)(H,32,33,34)(H,35,36,37)(H3,23,25,26,27,28)/p-2. The number of nitrogens with one attached hydrogen (secondary N) is 2. The summed E-state index contributed by atoms with van der Waals surface area (Å²) in [7, 11) is -10.1. The predicted molar refractivity (Wildman–Crippen MR) is 137 cm³/mol. The van der Waals surface area contributed by atoms with Gasteiger partial charge in [-0.3, -0.25) is 4.79 Å². The first-order valence-corrected chi connectivity index (χ1v) is 13.7. The van der Waals surface area contributed by atoms with Gasteiger partial charge in [0.05, 0.1) is 21.2 Å². The van der Waals surface area contributed by atoms with Gasteiger partial charge in [-0.15, -0.1) is 5.11 Å². The fourth-order valence-corrected chi connectivity index (χ4v) is 5.01. The SMILES string of the molecule is CC(=O)Nc1cc(Nc2nc(N)nc(Cl)n2)ccc1N=Nc1cc(S(=O)(=O)[O-])c2cccc(S(=O)(=O)[O-])c2c1. The third-order valence-corrected chi connectivity index (χ3v) is 6.84. The smallest absolute Gasteiger partial charge is 0.233 e. The van der Waals surface area contributed by atoms with Crippen molar-refractivity contribution in [1.82, 2.24) is 15.0 Å². The van der Waals surface area contributed by atoms with E-state index in [1.165, 1.54) is 31.2 Å². The highest BCUT2D eigenvalue weighted by atomic mass is 35.5. The van der Waals surface area contributed by atoms with Crippen LogP contribution in [0.3, 0.4) is 0 Å². The number of carbonyl (C=O) groups is 1. The molecule has 4 aromatic rings. The number of nitrogens with two attached hydrogens (primary N) is 1. The summed E-state index contributed by atoms with van der Waals surface area (Å²) in [4.78, 5) is 21.7. The molecule has 0 saturated carbocycles. The van der Waals surface area contributed by atoms with E-state index in [9.17, 15) is 30.7 Å². The van der Waals surface area contributed by atoms with E-state index in [-0.39, 0.29) is 45.0 Å². The molecule has 0 radical (unpaired) electrons. The summed E-state index contributed by atoms with van der Waals surface area (Å²) in [6, 6.07) is 9.65. The molecular weight excluding hydrogens is 576 g/mol. The summed E-state index contributed by atoms with van der Waals surface area (Å²) in [6.07, 6.45) is 0. The molecule has 15 nitrogen and oxygen atoms in total. The second-order valence-electron chi connectivity index (χ2n) is 7.73. The van der Waals surface area contributed by atoms with E-state index in [0.717, 1.165) is 24.3 Å². The summed E-state index contributed by atoms with van der Waals surface area (Å²) >= 11 is 5.78. The summed E-state index contributed by atoms with van der Waals surface area (Å²) < 4.78 is 70.9. The van der Waals surface area contributed by atoms with Crippen LogP contribution in [0.25, 0.3) is 10.8 Å². The molecule has 1 heterocycles. The Bertz CT molecular complexity index is 1860. The lowest BCUT2D eigenvalue weighted by molar-refractivity contribution is -0.114. The van der Waals surface area contributed by atoms with Crippen molar-refractivity contribution in [3.8, 4) is 0 Å². The molecule has 0 aliphatic rings. The fraction of sp³-hybridized carbons (Fsp3) is 0.0476. The van der Waals surface area contributed by atoms with Crippen molar-refractivity contribution in [2.45, 2.75) is 16.7 Å². The van der Waals surface area contributed by atoms with Gasteiger partial charge < -0.3 is 25.5 Å². The Hall–Kier alpha value is -4.29. The van der Waals surface area contributed by atoms with Crippen LogP contribution in [0.4, 0.5) is 34.6 Å². The number of nitrogen functional groups attached to an aromatic ring is 1. The average Bonchev–Trinajstić information content (AvgIpc) is 2.80. The number of halogens is 1. The number of anilines is 4. The summed E-state index contributed by atoms with van der Waals surface area (Å²) in [5.41, 5.74) is 5.90. The minimum absolute atomic E-state index is 0.0160. The zero-order valence-corrected chi connectivity index (χ0v) is 21.9. The highest BCUT2D eigenvalue weighted by Crippen LogP contribution is 2.35. The fourth-order valence-electron chi connectivity index (χ4n) is 3.44. The predicted octanol–water partition coefficient (Wildman–Crippen LogP) is 3.19. The van der Waals surface area contributed by atoms with Crippen LogP contribution in [-0.2, 0) is 25.0 Å². The second-order valence-corrected chi connectivity index (χ2v) is 10.8. The number of aromatic nitrogens is 3. The minimum Gasteiger partial charge on any atom is -0.744 e. The molecule has 0 spiro atoms. The van der Waals surface area contributed by atoms with Crippen LogP contribution in [0.2, 0.25) is 5.28 Å². The molecule has 3 aromatic carbocycles. The van der Waals surface area contributed by atoms with Crippen LogP contribution in [0.15, 0.2) is 68.6 Å². The second kappa shape index (κ2) is 10.5. The molecule has 4 rings (SSSR count). The molecule has 202 valence electrons. The van der Waals surface area contributed by atoms with E-state index in [2.05, 4.69) is 35.8 Å². The zero-order chi connectivity index (χ0) is 28.5. The van der Waals surface area contributed by atoms with Gasteiger partial charge in [0.25, 0.3) is 0 Å². The first-order valence-electron chi connectivity index (χ1n) is 10.5. The van der Waals surface area contributed by atoms with E-state index in [4.69, 9.17) is 17.3 Å². The number of fused-ring (bicyclic) bond motifs is 1. The number of hydrogen-bond donors (Lipinski definition) is 3. The number of benzene rings is 3. The maximum Gasteiger partial charge on any atom is 0.233 e. The normalized spacial score (nSPS) is 12.1. The lowest BCUT2D eigenvalue weighted by atomic mass is 10.1. The van der Waals surface area contributed by atoms with Gasteiger partial charge in [-0.05, 0) is 48.0 Å². The van der Waals surface area contributed by atoms with Crippen LogP contribution in [0.1, 0.15) is 6.92 Å². The Morgan fingerprint density at radius 3 is 2.28 bits per heavy atom. The molecule has 4 N–H and O–H groups in total. The highest BCUT2D eigenvalue weighted by molar-refractivity contribution is 7.86. The third kappa shape index (κ3) is 6.59. The van der Waals surface area contributed by atoms with Crippen molar-refractivity contribution < 1.29 is 30.7 Å². The van der Waals surface area contributed by atoms with Crippen molar-refractivity contribution in [1.29, 1.82) is 0 Å². The topological polar surface area (TPSA) is 245 Å². The van der Waals surface area contributed by atoms with Gasteiger partial charge in [-0.1, -0.05) is 12.1 Å². The van der Waals surface area contributed by atoms with Crippen LogP contribution in [0.5, 0.6) is 0 Å². The molecular formula is C21H15ClN8O7S2-2. The van der Waals surface area contributed by atoms with Crippen LogP contribution in [0, 0.1) is 0 Å². The van der Waals surface area contributed by atoms with E-state index in [1.54, 1.807) is 0 Å². The summed E-state index contributed by atoms with van der Waals surface area (Å²) in [5, 5.41) is 12.5. The average molecular weight is 591 g/mol. The lowest BCUT2D eigenvalue weighted by Gasteiger charge is -2.15. The number of rotatable bonds is 7. The Morgan fingerprint density at radius 1 is 0.923 bits per heavy atom. The number of nitrogens with zero attached hydrogens (tertiary/aromatic N) is 5. The van der Waals surface area contributed by atoms with Gasteiger partial charge in [-0.2, -0.15) is 20.1 Å². The number of amides is 1.